The fourth-order valence-corrected chi connectivity index (χ4v) is 2.76. The zero-order chi connectivity index (χ0) is 16.8. The first-order valence-corrected chi connectivity index (χ1v) is 7.88. The van der Waals surface area contributed by atoms with Gasteiger partial charge in [0.1, 0.15) is 5.75 Å². The molecular weight excluding hydrogens is 335 g/mol. The van der Waals surface area contributed by atoms with Crippen molar-refractivity contribution in [2.45, 2.75) is 13.0 Å². The molecule has 0 fully saturated rings. The first kappa shape index (κ1) is 17.4. The molecule has 1 atom stereocenters. The molecule has 0 saturated carbocycles. The molecule has 1 unspecified atom stereocenters. The van der Waals surface area contributed by atoms with Crippen LogP contribution >= 0.6 is 23.2 Å². The van der Waals surface area contributed by atoms with Gasteiger partial charge in [-0.05, 0) is 36.8 Å². The monoisotopic (exact) mass is 352 g/mol. The summed E-state index contributed by atoms with van der Waals surface area (Å²) < 4.78 is 5.23. The number of ether oxygens (including phenoxy) is 1. The van der Waals surface area contributed by atoms with E-state index in [0.29, 0.717) is 15.8 Å². The number of hydrogen-bond acceptors (Lipinski definition) is 3. The third kappa shape index (κ3) is 4.78. The van der Waals surface area contributed by atoms with E-state index >= 15 is 0 Å². The normalized spacial score (nSPS) is 11.7. The van der Waals surface area contributed by atoms with Crippen LogP contribution in [0.15, 0.2) is 42.5 Å². The maximum Gasteiger partial charge on any atom is 0.239 e. The number of benzene rings is 2. The molecule has 122 valence electrons. The van der Waals surface area contributed by atoms with Crippen molar-refractivity contribution in [2.24, 2.45) is 0 Å². The summed E-state index contributed by atoms with van der Waals surface area (Å²) in [6.07, 6.45) is 0. The van der Waals surface area contributed by atoms with E-state index in [2.05, 4.69) is 10.6 Å². The zero-order valence-electron chi connectivity index (χ0n) is 12.9. The molecule has 23 heavy (non-hydrogen) atoms. The molecule has 2 aromatic carbocycles. The topological polar surface area (TPSA) is 50.4 Å². The Morgan fingerprint density at radius 1 is 1.22 bits per heavy atom. The van der Waals surface area contributed by atoms with Gasteiger partial charge in [-0.15, -0.1) is 0 Å². The van der Waals surface area contributed by atoms with Crippen LogP contribution in [0.1, 0.15) is 18.5 Å². The van der Waals surface area contributed by atoms with E-state index < -0.39 is 0 Å². The summed E-state index contributed by atoms with van der Waals surface area (Å²) in [5.74, 6) is 0.545. The molecule has 0 spiro atoms. The lowest BCUT2D eigenvalue weighted by Crippen LogP contribution is -2.32. The van der Waals surface area contributed by atoms with Gasteiger partial charge < -0.3 is 15.4 Å². The van der Waals surface area contributed by atoms with E-state index in [1.54, 1.807) is 19.2 Å². The minimum atomic E-state index is -0.216. The number of para-hydroxylation sites is 2. The van der Waals surface area contributed by atoms with E-state index in [0.717, 1.165) is 11.3 Å². The Bertz CT molecular complexity index is 692. The summed E-state index contributed by atoms with van der Waals surface area (Å²) in [5.41, 5.74) is 1.59. The number of rotatable bonds is 6. The van der Waals surface area contributed by atoms with Crippen molar-refractivity contribution in [3.8, 4) is 5.75 Å². The lowest BCUT2D eigenvalue weighted by Gasteiger charge is -2.17. The number of anilines is 1. The standard InChI is InChI=1S/C17H18Cl2N2O2/c1-11(13-8-7-12(18)9-14(13)19)21-17(22)10-20-15-5-3-4-6-16(15)23-2/h3-9,11,20H,10H2,1-2H3,(H,21,22). The maximum atomic E-state index is 12.1. The molecule has 0 saturated heterocycles. The third-order valence-corrected chi connectivity index (χ3v) is 3.92. The average Bonchev–Trinajstić information content (AvgIpc) is 2.53. The van der Waals surface area contributed by atoms with Crippen LogP contribution in [0, 0.1) is 0 Å². The highest BCUT2D eigenvalue weighted by Crippen LogP contribution is 2.26. The van der Waals surface area contributed by atoms with Gasteiger partial charge in [0.05, 0.1) is 25.4 Å². The van der Waals surface area contributed by atoms with Crippen molar-refractivity contribution in [3.05, 3.63) is 58.1 Å². The van der Waals surface area contributed by atoms with Gasteiger partial charge >= 0.3 is 0 Å². The van der Waals surface area contributed by atoms with E-state index in [1.165, 1.54) is 0 Å². The van der Waals surface area contributed by atoms with Crippen molar-refractivity contribution < 1.29 is 9.53 Å². The highest BCUT2D eigenvalue weighted by Gasteiger charge is 2.13. The molecule has 0 aromatic heterocycles. The molecule has 0 bridgehead atoms. The van der Waals surface area contributed by atoms with Gasteiger partial charge in [0.2, 0.25) is 5.91 Å². The summed E-state index contributed by atoms with van der Waals surface area (Å²) >= 11 is 12.0. The fraction of sp³-hybridized carbons (Fsp3) is 0.235. The number of amides is 1. The largest absolute Gasteiger partial charge is 0.495 e. The number of carbonyl (C=O) groups is 1. The van der Waals surface area contributed by atoms with E-state index in [1.807, 2.05) is 37.3 Å². The number of halogens is 2. The van der Waals surface area contributed by atoms with Crippen LogP contribution in [0.5, 0.6) is 5.75 Å². The number of nitrogens with one attached hydrogen (secondary N) is 2. The molecule has 0 aliphatic heterocycles. The Balaban J connectivity index is 1.94. The first-order chi connectivity index (χ1) is 11.0. The third-order valence-electron chi connectivity index (χ3n) is 3.35. The molecule has 2 rings (SSSR count). The summed E-state index contributed by atoms with van der Waals surface area (Å²) in [6.45, 7) is 2.01. The molecule has 2 aromatic rings. The van der Waals surface area contributed by atoms with Gasteiger partial charge in [-0.3, -0.25) is 4.79 Å². The van der Waals surface area contributed by atoms with Gasteiger partial charge in [0, 0.05) is 10.0 Å². The predicted molar refractivity (Wildman–Crippen MR) is 94.5 cm³/mol. The Morgan fingerprint density at radius 3 is 2.65 bits per heavy atom. The highest BCUT2D eigenvalue weighted by molar-refractivity contribution is 6.35. The second kappa shape index (κ2) is 8.09. The Labute approximate surface area is 145 Å². The lowest BCUT2D eigenvalue weighted by molar-refractivity contribution is -0.120. The fourth-order valence-electron chi connectivity index (χ4n) is 2.19. The lowest BCUT2D eigenvalue weighted by atomic mass is 10.1. The summed E-state index contributed by atoms with van der Waals surface area (Å²) in [4.78, 5) is 12.1. The molecular formula is C17H18Cl2N2O2. The first-order valence-electron chi connectivity index (χ1n) is 7.12. The van der Waals surface area contributed by atoms with Crippen LogP contribution in [-0.4, -0.2) is 19.6 Å². The second-order valence-electron chi connectivity index (χ2n) is 5.01. The molecule has 0 aliphatic rings. The summed E-state index contributed by atoms with van der Waals surface area (Å²) in [7, 11) is 1.59. The van der Waals surface area contributed by atoms with Crippen LogP contribution in [0.3, 0.4) is 0 Å². The molecule has 0 radical (unpaired) electrons. The van der Waals surface area contributed by atoms with Crippen LogP contribution in [0.2, 0.25) is 10.0 Å². The van der Waals surface area contributed by atoms with Gasteiger partial charge in [0.25, 0.3) is 0 Å². The van der Waals surface area contributed by atoms with Crippen LogP contribution in [-0.2, 0) is 4.79 Å². The van der Waals surface area contributed by atoms with Crippen LogP contribution < -0.4 is 15.4 Å². The molecule has 0 aliphatic carbocycles. The number of methoxy groups -OCH3 is 1. The molecule has 1 amide bonds. The SMILES string of the molecule is COc1ccccc1NCC(=O)NC(C)c1ccc(Cl)cc1Cl. The van der Waals surface area contributed by atoms with Gasteiger partial charge in [-0.1, -0.05) is 41.4 Å². The van der Waals surface area contributed by atoms with Crippen molar-refractivity contribution in [2.75, 3.05) is 19.0 Å². The maximum absolute atomic E-state index is 12.1. The Kier molecular flexibility index (Phi) is 6.13. The Hall–Kier alpha value is -1.91. The minimum Gasteiger partial charge on any atom is -0.495 e. The zero-order valence-corrected chi connectivity index (χ0v) is 14.4. The Morgan fingerprint density at radius 2 is 1.96 bits per heavy atom. The molecule has 6 heteroatoms. The average molecular weight is 353 g/mol. The summed E-state index contributed by atoms with van der Waals surface area (Å²) in [5, 5.41) is 7.04. The molecule has 0 heterocycles. The van der Waals surface area contributed by atoms with E-state index in [-0.39, 0.29) is 18.5 Å². The quantitative estimate of drug-likeness (QED) is 0.815. The second-order valence-corrected chi connectivity index (χ2v) is 5.85. The smallest absolute Gasteiger partial charge is 0.239 e. The van der Waals surface area contributed by atoms with Crippen molar-refractivity contribution in [1.29, 1.82) is 0 Å². The van der Waals surface area contributed by atoms with Gasteiger partial charge in [0.15, 0.2) is 0 Å². The number of carbonyl (C=O) groups excluding carboxylic acids is 1. The summed E-state index contributed by atoms with van der Waals surface area (Å²) in [6, 6.07) is 12.4. The van der Waals surface area contributed by atoms with Crippen molar-refractivity contribution in [1.82, 2.24) is 5.32 Å². The van der Waals surface area contributed by atoms with Crippen LogP contribution in [0.4, 0.5) is 5.69 Å². The highest BCUT2D eigenvalue weighted by atomic mass is 35.5. The van der Waals surface area contributed by atoms with E-state index in [9.17, 15) is 4.79 Å². The van der Waals surface area contributed by atoms with Crippen molar-refractivity contribution >= 4 is 34.8 Å². The van der Waals surface area contributed by atoms with Gasteiger partial charge in [-0.2, -0.15) is 0 Å². The predicted octanol–water partition coefficient (Wildman–Crippen LogP) is 4.29. The molecule has 4 nitrogen and oxygen atoms in total. The van der Waals surface area contributed by atoms with Gasteiger partial charge in [-0.25, -0.2) is 0 Å². The molecule has 2 N–H and O–H groups in total. The van der Waals surface area contributed by atoms with Crippen molar-refractivity contribution in [3.63, 3.8) is 0 Å². The van der Waals surface area contributed by atoms with Crippen LogP contribution in [0.25, 0.3) is 0 Å². The van der Waals surface area contributed by atoms with E-state index in [4.69, 9.17) is 27.9 Å². The number of hydrogen-bond donors (Lipinski definition) is 2. The minimum absolute atomic E-state index is 0.135.